The molecule has 2 aromatic rings. The van der Waals surface area contributed by atoms with Crippen molar-refractivity contribution in [2.75, 3.05) is 0 Å². The van der Waals surface area contributed by atoms with Gasteiger partial charge in [-0.05, 0) is 19.8 Å². The Morgan fingerprint density at radius 3 is 2.48 bits per heavy atom. The topological polar surface area (TPSA) is 59.3 Å². The van der Waals surface area contributed by atoms with Gasteiger partial charge in [-0.1, -0.05) is 57.3 Å². The maximum Gasteiger partial charge on any atom is 0.263 e. The summed E-state index contributed by atoms with van der Waals surface area (Å²) in [6, 6.07) is 0.319. The van der Waals surface area contributed by atoms with Crippen LogP contribution in [-0.2, 0) is 0 Å². The molecule has 1 fully saturated rings. The van der Waals surface area contributed by atoms with Crippen LogP contribution in [0.1, 0.15) is 85.9 Å². The van der Waals surface area contributed by atoms with Crippen LogP contribution >= 0.6 is 11.3 Å². The molecule has 0 radical (unpaired) electrons. The molecule has 1 amide bonds. The molecule has 2 heterocycles. The molecule has 1 aliphatic carbocycles. The average molecular weight is 334 g/mol. The molecule has 0 aromatic carbocycles. The summed E-state index contributed by atoms with van der Waals surface area (Å²) in [5.41, 5.74) is 0.960. The summed E-state index contributed by atoms with van der Waals surface area (Å²) in [4.78, 5) is 14.3. The van der Waals surface area contributed by atoms with Gasteiger partial charge in [0.25, 0.3) is 5.91 Å². The Morgan fingerprint density at radius 2 is 1.83 bits per heavy atom. The third kappa shape index (κ3) is 3.42. The van der Waals surface area contributed by atoms with E-state index in [0.29, 0.717) is 12.0 Å². The third-order valence-corrected chi connectivity index (χ3v) is 5.81. The van der Waals surface area contributed by atoms with E-state index in [4.69, 9.17) is 0 Å². The van der Waals surface area contributed by atoms with Gasteiger partial charge in [0, 0.05) is 17.7 Å². The first-order valence-corrected chi connectivity index (χ1v) is 9.55. The molecule has 0 unspecified atom stereocenters. The molecule has 0 atom stereocenters. The predicted molar refractivity (Wildman–Crippen MR) is 93.3 cm³/mol. The van der Waals surface area contributed by atoms with Crippen LogP contribution in [0, 0.1) is 6.92 Å². The van der Waals surface area contributed by atoms with E-state index in [1.807, 2.05) is 11.3 Å². The quantitative estimate of drug-likeness (QED) is 0.920. The number of rotatable bonds is 3. The number of fused-ring (bicyclic) bond motifs is 1. The number of aryl methyl sites for hydroxylation is 1. The van der Waals surface area contributed by atoms with Crippen molar-refractivity contribution in [1.29, 1.82) is 0 Å². The minimum atomic E-state index is 0.0540. The normalized spacial score (nSPS) is 17.4. The van der Waals surface area contributed by atoms with Crippen molar-refractivity contribution >= 4 is 22.2 Å². The highest BCUT2D eigenvalue weighted by molar-refractivity contribution is 7.19. The lowest BCUT2D eigenvalue weighted by atomic mass is 9.97. The molecule has 1 saturated carbocycles. The molecular formula is C17H26N4OS. The Morgan fingerprint density at radius 1 is 1.17 bits per heavy atom. The zero-order valence-electron chi connectivity index (χ0n) is 14.3. The maximum atomic E-state index is 12.7. The zero-order chi connectivity index (χ0) is 16.4. The smallest absolute Gasteiger partial charge is 0.263 e. The molecule has 23 heavy (non-hydrogen) atoms. The summed E-state index contributed by atoms with van der Waals surface area (Å²) in [5, 5.41) is 11.7. The largest absolute Gasteiger partial charge is 0.349 e. The molecule has 1 aliphatic rings. The summed E-state index contributed by atoms with van der Waals surface area (Å²) < 4.78 is 2.03. The zero-order valence-corrected chi connectivity index (χ0v) is 15.1. The second-order valence-electron chi connectivity index (χ2n) is 6.86. The van der Waals surface area contributed by atoms with Crippen molar-refractivity contribution in [3.63, 3.8) is 0 Å². The van der Waals surface area contributed by atoms with Crippen LogP contribution in [0.3, 0.4) is 0 Å². The van der Waals surface area contributed by atoms with E-state index in [1.54, 1.807) is 0 Å². The number of hydrogen-bond donors (Lipinski definition) is 1. The first-order valence-electron chi connectivity index (χ1n) is 8.73. The highest BCUT2D eigenvalue weighted by Gasteiger charge is 2.23. The molecule has 0 aliphatic heterocycles. The Labute approximate surface area is 141 Å². The van der Waals surface area contributed by atoms with Crippen LogP contribution in [0.2, 0.25) is 0 Å². The van der Waals surface area contributed by atoms with Crippen molar-refractivity contribution < 1.29 is 4.79 Å². The molecule has 126 valence electrons. The lowest BCUT2D eigenvalue weighted by Crippen LogP contribution is -2.35. The third-order valence-electron chi connectivity index (χ3n) is 4.68. The lowest BCUT2D eigenvalue weighted by molar-refractivity contribution is 0.0933. The van der Waals surface area contributed by atoms with E-state index in [9.17, 15) is 4.79 Å². The molecule has 0 spiro atoms. The van der Waals surface area contributed by atoms with Crippen molar-refractivity contribution in [3.8, 4) is 0 Å². The highest BCUT2D eigenvalue weighted by atomic mass is 32.1. The van der Waals surface area contributed by atoms with Crippen LogP contribution in [0.25, 0.3) is 4.96 Å². The second kappa shape index (κ2) is 6.99. The highest BCUT2D eigenvalue weighted by Crippen LogP contribution is 2.26. The van der Waals surface area contributed by atoms with Gasteiger partial charge in [0.05, 0.1) is 0 Å². The number of amides is 1. The summed E-state index contributed by atoms with van der Waals surface area (Å²) in [5.74, 6) is 1.27. The van der Waals surface area contributed by atoms with E-state index in [2.05, 4.69) is 29.4 Å². The van der Waals surface area contributed by atoms with E-state index >= 15 is 0 Å². The molecule has 1 N–H and O–H groups in total. The number of thiazole rings is 1. The van der Waals surface area contributed by atoms with Gasteiger partial charge < -0.3 is 5.32 Å². The molecule has 2 aromatic heterocycles. The fraction of sp³-hybridized carbons (Fsp3) is 0.706. The van der Waals surface area contributed by atoms with Gasteiger partial charge in [-0.15, -0.1) is 10.2 Å². The fourth-order valence-electron chi connectivity index (χ4n) is 3.37. The molecule has 6 heteroatoms. The number of nitrogens with one attached hydrogen (secondary N) is 1. The number of carbonyl (C=O) groups is 1. The van der Waals surface area contributed by atoms with E-state index in [0.717, 1.165) is 34.2 Å². The van der Waals surface area contributed by atoms with Gasteiger partial charge in [0.2, 0.25) is 4.96 Å². The summed E-state index contributed by atoms with van der Waals surface area (Å²) in [6.45, 7) is 6.19. The number of nitrogens with zero attached hydrogens (tertiary/aromatic N) is 3. The first-order chi connectivity index (χ1) is 11.1. The monoisotopic (exact) mass is 334 g/mol. The van der Waals surface area contributed by atoms with Gasteiger partial charge >= 0.3 is 0 Å². The fourth-order valence-corrected chi connectivity index (χ4v) is 4.34. The molecule has 0 bridgehead atoms. The SMILES string of the molecule is Cc1c(C(=O)NC2CCCCCCC2)sc2nnc(C(C)C)n12. The predicted octanol–water partition coefficient (Wildman–Crippen LogP) is 4.07. The summed E-state index contributed by atoms with van der Waals surface area (Å²) in [7, 11) is 0. The average Bonchev–Trinajstić information content (AvgIpc) is 3.02. The van der Waals surface area contributed by atoms with E-state index in [-0.39, 0.29) is 5.91 Å². The number of carbonyl (C=O) groups excluding carboxylic acids is 1. The van der Waals surface area contributed by atoms with Gasteiger partial charge in [-0.2, -0.15) is 0 Å². The van der Waals surface area contributed by atoms with Crippen molar-refractivity contribution in [3.05, 3.63) is 16.4 Å². The molecular weight excluding hydrogens is 308 g/mol. The minimum absolute atomic E-state index is 0.0540. The van der Waals surface area contributed by atoms with Crippen LogP contribution in [0.5, 0.6) is 0 Å². The summed E-state index contributed by atoms with van der Waals surface area (Å²) >= 11 is 1.45. The second-order valence-corrected chi connectivity index (χ2v) is 7.84. The Balaban J connectivity index is 1.79. The van der Waals surface area contributed by atoms with Crippen molar-refractivity contribution in [2.24, 2.45) is 0 Å². The van der Waals surface area contributed by atoms with Crippen LogP contribution in [0.15, 0.2) is 0 Å². The summed E-state index contributed by atoms with van der Waals surface area (Å²) in [6.07, 6.45) is 8.58. The number of aromatic nitrogens is 3. The van der Waals surface area contributed by atoms with Crippen molar-refractivity contribution in [1.82, 2.24) is 19.9 Å². The van der Waals surface area contributed by atoms with E-state index in [1.165, 1.54) is 43.4 Å². The standard InChI is InChI=1S/C17H26N4OS/c1-11(2)15-19-20-17-21(15)12(3)14(23-17)16(22)18-13-9-7-5-4-6-8-10-13/h11,13H,4-10H2,1-3H3,(H,18,22). The first kappa shape index (κ1) is 16.4. The van der Waals surface area contributed by atoms with Crippen molar-refractivity contribution in [2.45, 2.75) is 77.7 Å². The molecule has 5 nitrogen and oxygen atoms in total. The van der Waals surface area contributed by atoms with Crippen LogP contribution in [0.4, 0.5) is 0 Å². The lowest BCUT2D eigenvalue weighted by Gasteiger charge is -2.20. The van der Waals surface area contributed by atoms with E-state index < -0.39 is 0 Å². The van der Waals surface area contributed by atoms with Crippen LogP contribution < -0.4 is 5.32 Å². The van der Waals surface area contributed by atoms with Gasteiger partial charge in [0.1, 0.15) is 10.7 Å². The van der Waals surface area contributed by atoms with Gasteiger partial charge in [0.15, 0.2) is 0 Å². The Hall–Kier alpha value is -1.43. The molecule has 3 rings (SSSR count). The Bertz CT molecular complexity index is 680. The van der Waals surface area contributed by atoms with Gasteiger partial charge in [-0.25, -0.2) is 0 Å². The molecule has 0 saturated heterocycles. The minimum Gasteiger partial charge on any atom is -0.349 e. The number of hydrogen-bond acceptors (Lipinski definition) is 4. The Kier molecular flexibility index (Phi) is 4.99. The van der Waals surface area contributed by atoms with Gasteiger partial charge in [-0.3, -0.25) is 9.20 Å². The maximum absolute atomic E-state index is 12.7. The van der Waals surface area contributed by atoms with Crippen LogP contribution in [-0.4, -0.2) is 26.5 Å².